The fourth-order valence-electron chi connectivity index (χ4n) is 0.790. The predicted octanol–water partition coefficient (Wildman–Crippen LogP) is 0.367. The molecule has 1 N–H and O–H groups in total. The van der Waals surface area contributed by atoms with Gasteiger partial charge in [-0.2, -0.15) is 0 Å². The molecule has 1 aliphatic heterocycles. The van der Waals surface area contributed by atoms with E-state index in [2.05, 4.69) is 11.9 Å². The molecule has 0 spiro atoms. The molecular weight excluding hydrogens is 113 g/mol. The molecule has 1 fully saturated rings. The fraction of sp³-hybridized carbons (Fsp3) is 0.500. The highest BCUT2D eigenvalue weighted by atomic mass is 16.1. The van der Waals surface area contributed by atoms with Crippen molar-refractivity contribution >= 4 is 13.8 Å². The predicted molar refractivity (Wildman–Crippen MR) is 36.0 cm³/mol. The van der Waals surface area contributed by atoms with Gasteiger partial charge in [-0.05, 0) is 12.8 Å². The van der Waals surface area contributed by atoms with Gasteiger partial charge in [0.25, 0.3) is 0 Å². The van der Waals surface area contributed by atoms with Crippen LogP contribution in [-0.2, 0) is 4.79 Å². The van der Waals surface area contributed by atoms with E-state index >= 15 is 0 Å². The molecular formula is C6H8BNO. The summed E-state index contributed by atoms with van der Waals surface area (Å²) in [7, 11) is 5.39. The maximum absolute atomic E-state index is 10.7. The molecule has 9 heavy (non-hydrogen) atoms. The third kappa shape index (κ3) is 1.34. The van der Waals surface area contributed by atoms with E-state index in [4.69, 9.17) is 7.85 Å². The van der Waals surface area contributed by atoms with Gasteiger partial charge in [-0.25, -0.2) is 0 Å². The Morgan fingerprint density at radius 2 is 2.44 bits per heavy atom. The van der Waals surface area contributed by atoms with Crippen LogP contribution in [0.15, 0.2) is 12.3 Å². The summed E-state index contributed by atoms with van der Waals surface area (Å²) in [6.45, 7) is 3.61. The van der Waals surface area contributed by atoms with Crippen molar-refractivity contribution in [1.82, 2.24) is 5.32 Å². The summed E-state index contributed by atoms with van der Waals surface area (Å²) in [5.74, 6) is -0.429. The number of amides is 1. The summed E-state index contributed by atoms with van der Waals surface area (Å²) in [4.78, 5) is 10.7. The minimum absolute atomic E-state index is 0.105. The Kier molecular flexibility index (Phi) is 1.60. The largest absolute Gasteiger partial charge is 0.331 e. The summed E-state index contributed by atoms with van der Waals surface area (Å²) in [6.07, 6.45) is 1.54. The van der Waals surface area contributed by atoms with E-state index < -0.39 is 0 Å². The Bertz CT molecular complexity index is 155. The molecule has 1 aliphatic rings. The van der Waals surface area contributed by atoms with Crippen LogP contribution in [0.2, 0.25) is 5.82 Å². The lowest BCUT2D eigenvalue weighted by atomic mass is 9.80. The summed E-state index contributed by atoms with van der Waals surface area (Å²) in [5, 5.41) is 2.57. The Labute approximate surface area is 55.7 Å². The van der Waals surface area contributed by atoms with Crippen LogP contribution in [0.5, 0.6) is 0 Å². The molecule has 0 aliphatic carbocycles. The highest BCUT2D eigenvalue weighted by Crippen LogP contribution is 2.17. The number of allylic oxidation sites excluding steroid dienone is 1. The molecule has 3 heteroatoms. The molecule has 2 nitrogen and oxygen atoms in total. The normalized spacial score (nSPS) is 27.8. The number of piperidine rings is 1. The van der Waals surface area contributed by atoms with Crippen molar-refractivity contribution in [3.05, 3.63) is 12.3 Å². The van der Waals surface area contributed by atoms with Crippen LogP contribution in [-0.4, -0.2) is 13.8 Å². The summed E-state index contributed by atoms with van der Waals surface area (Å²) in [6, 6.07) is 0. The Morgan fingerprint density at radius 1 is 1.78 bits per heavy atom. The van der Waals surface area contributed by atoms with Crippen LogP contribution in [0.3, 0.4) is 0 Å². The van der Waals surface area contributed by atoms with E-state index in [1.165, 1.54) is 0 Å². The van der Waals surface area contributed by atoms with Crippen LogP contribution in [0.1, 0.15) is 12.8 Å². The molecule has 1 unspecified atom stereocenters. The minimum Gasteiger partial charge on any atom is -0.331 e. The molecule has 1 rings (SSSR count). The van der Waals surface area contributed by atoms with Crippen molar-refractivity contribution in [1.29, 1.82) is 0 Å². The van der Waals surface area contributed by atoms with E-state index in [0.29, 0.717) is 0 Å². The molecule has 0 aromatic carbocycles. The van der Waals surface area contributed by atoms with Gasteiger partial charge >= 0.3 is 0 Å². The number of hydrogen-bond acceptors (Lipinski definition) is 1. The SMILES string of the molecule is [B]C1CCC(=C)NC1=O. The zero-order chi connectivity index (χ0) is 6.85. The van der Waals surface area contributed by atoms with Gasteiger partial charge in [0.2, 0.25) is 5.91 Å². The van der Waals surface area contributed by atoms with E-state index in [-0.39, 0.29) is 11.7 Å². The monoisotopic (exact) mass is 121 g/mol. The van der Waals surface area contributed by atoms with Crippen LogP contribution in [0, 0.1) is 0 Å². The second-order valence-corrected chi connectivity index (χ2v) is 2.24. The first-order valence-corrected chi connectivity index (χ1v) is 2.94. The van der Waals surface area contributed by atoms with E-state index in [9.17, 15) is 4.79 Å². The minimum atomic E-state index is -0.324. The molecule has 1 saturated heterocycles. The van der Waals surface area contributed by atoms with E-state index in [0.717, 1.165) is 18.5 Å². The molecule has 1 amide bonds. The van der Waals surface area contributed by atoms with Gasteiger partial charge < -0.3 is 5.32 Å². The first-order chi connectivity index (χ1) is 4.20. The lowest BCUT2D eigenvalue weighted by Crippen LogP contribution is -2.31. The maximum Gasteiger partial charge on any atom is 0.218 e. The zero-order valence-corrected chi connectivity index (χ0v) is 5.18. The number of nitrogens with one attached hydrogen (secondary N) is 1. The zero-order valence-electron chi connectivity index (χ0n) is 5.18. The molecule has 0 bridgehead atoms. The molecule has 0 saturated carbocycles. The first kappa shape index (κ1) is 6.40. The van der Waals surface area contributed by atoms with Gasteiger partial charge in [0.05, 0.1) is 7.85 Å². The average Bonchev–Trinajstić information content (AvgIpc) is 1.80. The third-order valence-corrected chi connectivity index (χ3v) is 1.39. The standard InChI is InChI=1S/C6H8BNO/c1-4-2-3-5(7)6(9)8-4/h5H,1-3H2,(H,8,9). The van der Waals surface area contributed by atoms with Gasteiger partial charge in [-0.1, -0.05) is 6.58 Å². The molecule has 2 radical (unpaired) electrons. The molecule has 1 atom stereocenters. The topological polar surface area (TPSA) is 29.1 Å². The number of hydrogen-bond donors (Lipinski definition) is 1. The first-order valence-electron chi connectivity index (χ1n) is 2.94. The molecule has 1 heterocycles. The van der Waals surface area contributed by atoms with Gasteiger partial charge in [0.15, 0.2) is 0 Å². The maximum atomic E-state index is 10.7. The third-order valence-electron chi connectivity index (χ3n) is 1.39. The van der Waals surface area contributed by atoms with Gasteiger partial charge in [-0.3, -0.25) is 4.79 Å². The average molecular weight is 121 g/mol. The van der Waals surface area contributed by atoms with Crippen molar-refractivity contribution in [3.8, 4) is 0 Å². The second-order valence-electron chi connectivity index (χ2n) is 2.24. The second kappa shape index (κ2) is 2.25. The van der Waals surface area contributed by atoms with E-state index in [1.54, 1.807) is 0 Å². The summed E-state index contributed by atoms with van der Waals surface area (Å²) in [5.41, 5.74) is 0.779. The van der Waals surface area contributed by atoms with Crippen molar-refractivity contribution < 1.29 is 4.79 Å². The lowest BCUT2D eigenvalue weighted by molar-refractivity contribution is -0.121. The van der Waals surface area contributed by atoms with Crippen LogP contribution in [0.4, 0.5) is 0 Å². The molecule has 0 aromatic heterocycles. The lowest BCUT2D eigenvalue weighted by Gasteiger charge is -2.19. The van der Waals surface area contributed by atoms with Gasteiger partial charge in [0, 0.05) is 11.5 Å². The molecule has 0 aromatic rings. The Hall–Kier alpha value is -0.725. The van der Waals surface area contributed by atoms with Crippen LogP contribution >= 0.6 is 0 Å². The smallest absolute Gasteiger partial charge is 0.218 e. The summed E-state index contributed by atoms with van der Waals surface area (Å²) >= 11 is 0. The number of carbonyl (C=O) groups is 1. The number of carbonyl (C=O) groups excluding carboxylic acids is 1. The molecule has 46 valence electrons. The van der Waals surface area contributed by atoms with Crippen LogP contribution < -0.4 is 5.32 Å². The van der Waals surface area contributed by atoms with Crippen molar-refractivity contribution in [3.63, 3.8) is 0 Å². The summed E-state index contributed by atoms with van der Waals surface area (Å²) < 4.78 is 0. The Balaban J connectivity index is 2.54. The highest BCUT2D eigenvalue weighted by molar-refractivity contribution is 6.24. The Morgan fingerprint density at radius 3 is 2.89 bits per heavy atom. The van der Waals surface area contributed by atoms with Crippen molar-refractivity contribution in [2.45, 2.75) is 18.7 Å². The van der Waals surface area contributed by atoms with E-state index in [1.807, 2.05) is 0 Å². The highest BCUT2D eigenvalue weighted by Gasteiger charge is 2.17. The van der Waals surface area contributed by atoms with Gasteiger partial charge in [-0.15, -0.1) is 0 Å². The quantitative estimate of drug-likeness (QED) is 0.460. The van der Waals surface area contributed by atoms with Crippen LogP contribution in [0.25, 0.3) is 0 Å². The number of rotatable bonds is 0. The van der Waals surface area contributed by atoms with Crippen molar-refractivity contribution in [2.75, 3.05) is 0 Å². The van der Waals surface area contributed by atoms with Gasteiger partial charge in [0.1, 0.15) is 0 Å². The van der Waals surface area contributed by atoms with Crippen molar-refractivity contribution in [2.24, 2.45) is 0 Å². The fourth-order valence-corrected chi connectivity index (χ4v) is 0.790.